The monoisotopic (exact) mass is 375 g/mol. The normalized spacial score (nSPS) is 11.5. The predicted octanol–water partition coefficient (Wildman–Crippen LogP) is 3.70. The van der Waals surface area contributed by atoms with Crippen LogP contribution in [0.5, 0.6) is 5.75 Å². The van der Waals surface area contributed by atoms with Gasteiger partial charge in [0.05, 0.1) is 13.2 Å². The number of hydrogen-bond donors (Lipinski definition) is 1. The van der Waals surface area contributed by atoms with Gasteiger partial charge in [-0.3, -0.25) is 9.59 Å². The third kappa shape index (κ3) is 6.08. The molecule has 0 radical (unpaired) electrons. The van der Waals surface area contributed by atoms with Crippen LogP contribution in [-0.4, -0.2) is 25.6 Å². The Morgan fingerprint density at radius 1 is 1.15 bits per heavy atom. The van der Waals surface area contributed by atoms with E-state index >= 15 is 0 Å². The predicted molar refractivity (Wildman–Crippen MR) is 100 cm³/mol. The van der Waals surface area contributed by atoms with Crippen molar-refractivity contribution in [2.45, 2.75) is 25.8 Å². The molecule has 2 rings (SSSR count). The van der Waals surface area contributed by atoms with Crippen molar-refractivity contribution in [3.05, 3.63) is 64.7 Å². The Morgan fingerprint density at radius 3 is 2.65 bits per heavy atom. The Balaban J connectivity index is 1.75. The van der Waals surface area contributed by atoms with Crippen LogP contribution in [0.2, 0.25) is 5.02 Å². The molecule has 2 aromatic carbocycles. The van der Waals surface area contributed by atoms with Crippen molar-refractivity contribution < 1.29 is 19.1 Å². The molecular formula is C20H22ClNO4. The number of benzene rings is 2. The summed E-state index contributed by atoms with van der Waals surface area (Å²) in [6.07, 6.45) is 0.668. The summed E-state index contributed by atoms with van der Waals surface area (Å²) < 4.78 is 10.3. The van der Waals surface area contributed by atoms with E-state index in [9.17, 15) is 9.59 Å². The molecule has 0 fully saturated rings. The topological polar surface area (TPSA) is 64.6 Å². The van der Waals surface area contributed by atoms with Crippen molar-refractivity contribution in [2.75, 3.05) is 13.7 Å². The molecule has 6 heteroatoms. The van der Waals surface area contributed by atoms with Crippen LogP contribution in [0.15, 0.2) is 48.5 Å². The fourth-order valence-corrected chi connectivity index (χ4v) is 2.71. The van der Waals surface area contributed by atoms with E-state index in [-0.39, 0.29) is 25.0 Å². The molecule has 2 aromatic rings. The van der Waals surface area contributed by atoms with Crippen molar-refractivity contribution in [1.29, 1.82) is 0 Å². The van der Waals surface area contributed by atoms with E-state index < -0.39 is 5.97 Å². The molecule has 0 spiro atoms. The van der Waals surface area contributed by atoms with Crippen LogP contribution in [0.1, 0.15) is 30.5 Å². The molecule has 0 aromatic heterocycles. The Hall–Kier alpha value is -2.53. The molecule has 26 heavy (non-hydrogen) atoms. The van der Waals surface area contributed by atoms with Gasteiger partial charge in [-0.05, 0) is 42.7 Å². The number of esters is 1. The van der Waals surface area contributed by atoms with Crippen LogP contribution < -0.4 is 10.1 Å². The van der Waals surface area contributed by atoms with E-state index in [1.54, 1.807) is 19.2 Å². The molecule has 1 atom stereocenters. The van der Waals surface area contributed by atoms with Gasteiger partial charge in [-0.15, -0.1) is 0 Å². The Bertz CT molecular complexity index is 763. The summed E-state index contributed by atoms with van der Waals surface area (Å²) >= 11 is 5.94. The summed E-state index contributed by atoms with van der Waals surface area (Å²) in [6.45, 7) is 1.53. The van der Waals surface area contributed by atoms with Gasteiger partial charge in [0.2, 0.25) is 0 Å². The first-order chi connectivity index (χ1) is 12.5. The molecule has 5 nitrogen and oxygen atoms in total. The summed E-state index contributed by atoms with van der Waals surface area (Å²) in [5.41, 5.74) is 1.80. The molecule has 0 aliphatic carbocycles. The first-order valence-corrected chi connectivity index (χ1v) is 8.69. The average molecular weight is 376 g/mol. The number of aryl methyl sites for hydroxylation is 1. The molecule has 0 saturated carbocycles. The molecular weight excluding hydrogens is 354 g/mol. The van der Waals surface area contributed by atoms with Crippen molar-refractivity contribution in [1.82, 2.24) is 5.32 Å². The molecule has 0 aliphatic heterocycles. The zero-order chi connectivity index (χ0) is 18.9. The van der Waals surface area contributed by atoms with Crippen LogP contribution >= 0.6 is 11.6 Å². The van der Waals surface area contributed by atoms with Crippen LogP contribution in [0.25, 0.3) is 0 Å². The number of halogens is 1. The van der Waals surface area contributed by atoms with Gasteiger partial charge in [-0.1, -0.05) is 41.9 Å². The molecule has 0 aliphatic rings. The fraction of sp³-hybridized carbons (Fsp3) is 0.300. The number of carbonyl (C=O) groups excluding carboxylic acids is 2. The van der Waals surface area contributed by atoms with Crippen molar-refractivity contribution in [3.63, 3.8) is 0 Å². The first-order valence-electron chi connectivity index (χ1n) is 8.32. The Morgan fingerprint density at radius 2 is 1.92 bits per heavy atom. The number of carbonyl (C=O) groups is 2. The van der Waals surface area contributed by atoms with Gasteiger partial charge in [0.1, 0.15) is 5.75 Å². The van der Waals surface area contributed by atoms with E-state index in [2.05, 4.69) is 5.32 Å². The van der Waals surface area contributed by atoms with Gasteiger partial charge in [0.25, 0.3) is 5.91 Å². The fourth-order valence-electron chi connectivity index (χ4n) is 2.51. The van der Waals surface area contributed by atoms with Crippen molar-refractivity contribution >= 4 is 23.5 Å². The van der Waals surface area contributed by atoms with E-state index in [1.165, 1.54) is 0 Å². The number of hydrogen-bond acceptors (Lipinski definition) is 4. The molecule has 0 heterocycles. The largest absolute Gasteiger partial charge is 0.496 e. The van der Waals surface area contributed by atoms with E-state index in [4.69, 9.17) is 21.1 Å². The van der Waals surface area contributed by atoms with Crippen molar-refractivity contribution in [2.24, 2.45) is 0 Å². The van der Waals surface area contributed by atoms with Crippen LogP contribution in [-0.2, 0) is 20.7 Å². The number of rotatable bonds is 8. The minimum absolute atomic E-state index is 0.178. The highest BCUT2D eigenvalue weighted by Gasteiger charge is 2.13. The number of para-hydroxylation sites is 1. The molecule has 1 amide bonds. The van der Waals surface area contributed by atoms with Gasteiger partial charge >= 0.3 is 5.97 Å². The molecule has 138 valence electrons. The Labute approximate surface area is 158 Å². The van der Waals surface area contributed by atoms with E-state index in [0.717, 1.165) is 16.9 Å². The zero-order valence-corrected chi connectivity index (χ0v) is 15.6. The van der Waals surface area contributed by atoms with Crippen molar-refractivity contribution in [3.8, 4) is 5.75 Å². The quantitative estimate of drug-likeness (QED) is 0.714. The number of nitrogens with one attached hydrogen (secondary N) is 1. The minimum atomic E-state index is -0.429. The Kier molecular flexibility index (Phi) is 7.48. The lowest BCUT2D eigenvalue weighted by molar-refractivity contribution is -0.148. The maximum Gasteiger partial charge on any atom is 0.306 e. The molecule has 1 N–H and O–H groups in total. The van der Waals surface area contributed by atoms with E-state index in [0.29, 0.717) is 11.4 Å². The van der Waals surface area contributed by atoms with Crippen LogP contribution in [0, 0.1) is 0 Å². The highest BCUT2D eigenvalue weighted by atomic mass is 35.5. The lowest BCUT2D eigenvalue weighted by Gasteiger charge is -2.14. The van der Waals surface area contributed by atoms with Crippen LogP contribution in [0.4, 0.5) is 0 Å². The highest BCUT2D eigenvalue weighted by molar-refractivity contribution is 6.30. The average Bonchev–Trinajstić information content (AvgIpc) is 2.64. The van der Waals surface area contributed by atoms with Gasteiger partial charge in [0.15, 0.2) is 6.61 Å². The van der Waals surface area contributed by atoms with Gasteiger partial charge < -0.3 is 14.8 Å². The summed E-state index contributed by atoms with van der Waals surface area (Å²) in [5, 5.41) is 3.38. The maximum absolute atomic E-state index is 11.9. The van der Waals surface area contributed by atoms with Gasteiger partial charge in [-0.2, -0.15) is 0 Å². The summed E-state index contributed by atoms with van der Waals surface area (Å²) in [5.74, 6) is -0.0574. The zero-order valence-electron chi connectivity index (χ0n) is 14.8. The van der Waals surface area contributed by atoms with Gasteiger partial charge in [0, 0.05) is 11.4 Å². The van der Waals surface area contributed by atoms with Crippen LogP contribution in [0.3, 0.4) is 0 Å². The standard InChI is InChI=1S/C20H22ClNO4/c1-14(16-7-5-8-17(21)12-16)22-19(23)13-26-20(24)11-10-15-6-3-4-9-18(15)25-2/h3-9,12,14H,10-11,13H2,1-2H3,(H,22,23)/t14-/m1/s1. The SMILES string of the molecule is COc1ccccc1CCC(=O)OCC(=O)N[C@H](C)c1cccc(Cl)c1. The maximum atomic E-state index is 11.9. The number of ether oxygens (including phenoxy) is 2. The summed E-state index contributed by atoms with van der Waals surface area (Å²) in [4.78, 5) is 23.8. The van der Waals surface area contributed by atoms with E-state index in [1.807, 2.05) is 43.3 Å². The third-order valence-electron chi connectivity index (χ3n) is 3.88. The second kappa shape index (κ2) is 9.82. The summed E-state index contributed by atoms with van der Waals surface area (Å²) in [7, 11) is 1.59. The number of amides is 1. The van der Waals surface area contributed by atoms with Gasteiger partial charge in [-0.25, -0.2) is 0 Å². The number of methoxy groups -OCH3 is 1. The third-order valence-corrected chi connectivity index (χ3v) is 4.12. The highest BCUT2D eigenvalue weighted by Crippen LogP contribution is 2.19. The minimum Gasteiger partial charge on any atom is -0.496 e. The molecule has 0 saturated heterocycles. The second-order valence-electron chi connectivity index (χ2n) is 5.82. The lowest BCUT2D eigenvalue weighted by atomic mass is 10.1. The lowest BCUT2D eigenvalue weighted by Crippen LogP contribution is -2.31. The smallest absolute Gasteiger partial charge is 0.306 e. The molecule has 0 bridgehead atoms. The first kappa shape index (κ1) is 19.8. The summed E-state index contributed by atoms with van der Waals surface area (Å²) in [6, 6.07) is 14.5. The second-order valence-corrected chi connectivity index (χ2v) is 6.25. The molecule has 0 unspecified atom stereocenters.